The molecule has 1 aliphatic heterocycles. The number of aromatic nitrogens is 1. The molecule has 1 aliphatic carbocycles. The largest absolute Gasteiger partial charge is 0.480 e. The zero-order valence-electron chi connectivity index (χ0n) is 26.7. The molecule has 2 unspecified atom stereocenters. The number of benzene rings is 1. The molecule has 246 valence electrons. The van der Waals surface area contributed by atoms with Gasteiger partial charge >= 0.3 is 12.1 Å². The Labute approximate surface area is 262 Å². The first kappa shape index (κ1) is 33.7. The van der Waals surface area contributed by atoms with Crippen LogP contribution in [-0.2, 0) is 25.7 Å². The summed E-state index contributed by atoms with van der Waals surface area (Å²) in [6.07, 6.45) is 3.91. The van der Waals surface area contributed by atoms with Crippen molar-refractivity contribution in [1.82, 2.24) is 24.6 Å². The highest BCUT2D eigenvalue weighted by atomic mass is 19.1. The number of nitrogens with one attached hydrogen (secondary N) is 1. The van der Waals surface area contributed by atoms with Gasteiger partial charge in [0.15, 0.2) is 0 Å². The molecule has 2 aromatic rings. The van der Waals surface area contributed by atoms with Crippen LogP contribution in [0.2, 0.25) is 0 Å². The van der Waals surface area contributed by atoms with Crippen LogP contribution in [0.4, 0.5) is 9.18 Å². The number of aliphatic carboxylic acids is 1. The molecule has 2 N–H and O–H groups in total. The molecule has 0 radical (unpaired) electrons. The molecule has 2 fully saturated rings. The Morgan fingerprint density at radius 2 is 1.64 bits per heavy atom. The minimum Gasteiger partial charge on any atom is -0.480 e. The summed E-state index contributed by atoms with van der Waals surface area (Å²) in [5.74, 6) is -2.78. The third-order valence-corrected chi connectivity index (χ3v) is 8.58. The van der Waals surface area contributed by atoms with Gasteiger partial charge < -0.3 is 29.5 Å². The number of hydrogen-bond donors (Lipinski definition) is 2. The van der Waals surface area contributed by atoms with E-state index < -0.39 is 53.9 Å². The van der Waals surface area contributed by atoms with Crippen molar-refractivity contribution in [2.24, 2.45) is 5.92 Å². The Morgan fingerprint density at radius 1 is 1.02 bits per heavy atom. The lowest BCUT2D eigenvalue weighted by Gasteiger charge is -2.39. The van der Waals surface area contributed by atoms with E-state index in [-0.39, 0.29) is 43.7 Å². The van der Waals surface area contributed by atoms with Gasteiger partial charge in [-0.25, -0.2) is 9.18 Å². The van der Waals surface area contributed by atoms with Crippen molar-refractivity contribution in [1.29, 1.82) is 0 Å². The molecule has 2 aliphatic rings. The monoisotopic (exact) mass is 629 g/mol. The first-order valence-electron chi connectivity index (χ1n) is 15.5. The van der Waals surface area contributed by atoms with Gasteiger partial charge in [0.2, 0.25) is 11.8 Å². The maximum Gasteiger partial charge on any atom is 0.410 e. The number of carbonyl (C=O) groups excluding carboxylic acids is 4. The molecule has 4 rings (SSSR count). The second kappa shape index (κ2) is 13.9. The summed E-state index contributed by atoms with van der Waals surface area (Å²) in [6, 6.07) is 3.77. The summed E-state index contributed by atoms with van der Waals surface area (Å²) in [5.41, 5.74) is -0.155. The lowest BCUT2D eigenvalue weighted by molar-refractivity contribution is -0.140. The quantitative estimate of drug-likeness (QED) is 0.456. The molecule has 13 heteroatoms. The van der Waals surface area contributed by atoms with E-state index in [2.05, 4.69) is 5.32 Å². The smallest absolute Gasteiger partial charge is 0.410 e. The zero-order valence-corrected chi connectivity index (χ0v) is 26.7. The highest BCUT2D eigenvalue weighted by Gasteiger charge is 2.38. The normalized spacial score (nSPS) is 17.5. The third kappa shape index (κ3) is 8.12. The fourth-order valence-electron chi connectivity index (χ4n) is 6.00. The number of ether oxygens (including phenoxy) is 1. The molecular formula is C32H44FN5O7. The topological polar surface area (TPSA) is 141 Å². The van der Waals surface area contributed by atoms with E-state index in [0.717, 1.165) is 32.1 Å². The first-order valence-corrected chi connectivity index (χ1v) is 15.5. The van der Waals surface area contributed by atoms with Crippen molar-refractivity contribution in [3.8, 4) is 0 Å². The Hall–Kier alpha value is -4.16. The van der Waals surface area contributed by atoms with Crippen molar-refractivity contribution in [3.05, 3.63) is 35.8 Å². The molecule has 0 spiro atoms. The van der Waals surface area contributed by atoms with Gasteiger partial charge in [0.1, 0.15) is 35.7 Å². The number of halogens is 1. The molecule has 1 saturated carbocycles. The van der Waals surface area contributed by atoms with E-state index in [0.29, 0.717) is 10.9 Å². The van der Waals surface area contributed by atoms with Gasteiger partial charge in [0, 0.05) is 44.1 Å². The van der Waals surface area contributed by atoms with Crippen LogP contribution in [0.3, 0.4) is 0 Å². The summed E-state index contributed by atoms with van der Waals surface area (Å²) in [6.45, 7) is 7.22. The number of hydrogen-bond acceptors (Lipinski definition) is 6. The number of fused-ring (bicyclic) bond motifs is 1. The Kier molecular flexibility index (Phi) is 10.4. The molecule has 45 heavy (non-hydrogen) atoms. The second-order valence-electron chi connectivity index (χ2n) is 13.0. The van der Waals surface area contributed by atoms with E-state index in [1.807, 2.05) is 0 Å². The van der Waals surface area contributed by atoms with Gasteiger partial charge in [-0.05, 0) is 70.7 Å². The molecule has 4 amide bonds. The van der Waals surface area contributed by atoms with E-state index in [1.165, 1.54) is 40.8 Å². The molecule has 12 nitrogen and oxygen atoms in total. The number of nitrogens with zero attached hydrogens (tertiary/aromatic N) is 4. The van der Waals surface area contributed by atoms with Crippen molar-refractivity contribution >= 4 is 40.7 Å². The van der Waals surface area contributed by atoms with Crippen LogP contribution in [0.15, 0.2) is 24.3 Å². The lowest BCUT2D eigenvalue weighted by atomic mass is 9.83. The molecule has 1 saturated heterocycles. The van der Waals surface area contributed by atoms with Crippen molar-refractivity contribution in [2.45, 2.75) is 84.0 Å². The van der Waals surface area contributed by atoms with E-state index >= 15 is 0 Å². The number of rotatable bonds is 8. The van der Waals surface area contributed by atoms with Gasteiger partial charge in [-0.3, -0.25) is 24.1 Å². The van der Waals surface area contributed by atoms with Crippen molar-refractivity contribution < 1.29 is 38.2 Å². The van der Waals surface area contributed by atoms with Crippen LogP contribution >= 0.6 is 0 Å². The third-order valence-electron chi connectivity index (χ3n) is 8.58. The lowest BCUT2D eigenvalue weighted by Crippen LogP contribution is -2.59. The highest BCUT2D eigenvalue weighted by molar-refractivity contribution is 5.99. The SMILES string of the molecule is CC(C(=O)NC(C(=O)N1CCN(C(=O)c2cc3cc(F)ccc3n2CC(=O)O)CC1)C1CCCCC1)N(C)C(=O)OC(C)(C)C. The molecular weight excluding hydrogens is 585 g/mol. The fourth-order valence-corrected chi connectivity index (χ4v) is 6.00. The van der Waals surface area contributed by atoms with Crippen LogP contribution < -0.4 is 5.32 Å². The van der Waals surface area contributed by atoms with Gasteiger partial charge in [-0.1, -0.05) is 19.3 Å². The summed E-state index contributed by atoms with van der Waals surface area (Å²) in [5, 5.41) is 12.8. The predicted octanol–water partition coefficient (Wildman–Crippen LogP) is 3.47. The van der Waals surface area contributed by atoms with E-state index in [9.17, 15) is 33.5 Å². The summed E-state index contributed by atoms with van der Waals surface area (Å²) in [4.78, 5) is 69.4. The van der Waals surface area contributed by atoms with E-state index in [1.54, 1.807) is 37.5 Å². The predicted molar refractivity (Wildman–Crippen MR) is 164 cm³/mol. The highest BCUT2D eigenvalue weighted by Crippen LogP contribution is 2.28. The van der Waals surface area contributed by atoms with Crippen LogP contribution in [0.25, 0.3) is 10.9 Å². The Morgan fingerprint density at radius 3 is 2.24 bits per heavy atom. The van der Waals surface area contributed by atoms with Gasteiger partial charge in [-0.15, -0.1) is 0 Å². The number of carboxylic acid groups (broad SMARTS) is 1. The van der Waals surface area contributed by atoms with Gasteiger partial charge in [0.25, 0.3) is 5.91 Å². The summed E-state index contributed by atoms with van der Waals surface area (Å²) < 4.78 is 20.6. The molecule has 2 heterocycles. The minimum absolute atomic E-state index is 0.0546. The number of carboxylic acids is 1. The van der Waals surface area contributed by atoms with Crippen molar-refractivity contribution in [3.63, 3.8) is 0 Å². The Balaban J connectivity index is 1.45. The molecule has 1 aromatic carbocycles. The van der Waals surface area contributed by atoms with Gasteiger partial charge in [0.05, 0.1) is 0 Å². The van der Waals surface area contributed by atoms with Crippen LogP contribution in [-0.4, -0.2) is 105 Å². The maximum atomic E-state index is 13.9. The average molecular weight is 630 g/mol. The number of piperazine rings is 1. The number of likely N-dealkylation sites (N-methyl/N-ethyl adjacent to an activating group) is 1. The van der Waals surface area contributed by atoms with E-state index in [4.69, 9.17) is 4.74 Å². The maximum absolute atomic E-state index is 13.9. The van der Waals surface area contributed by atoms with Crippen molar-refractivity contribution in [2.75, 3.05) is 33.2 Å². The molecule has 2 atom stereocenters. The van der Waals surface area contributed by atoms with Crippen LogP contribution in [0.5, 0.6) is 0 Å². The second-order valence-corrected chi connectivity index (χ2v) is 13.0. The number of amides is 4. The molecule has 1 aromatic heterocycles. The van der Waals surface area contributed by atoms with Gasteiger partial charge in [-0.2, -0.15) is 0 Å². The average Bonchev–Trinajstić information content (AvgIpc) is 3.34. The summed E-state index contributed by atoms with van der Waals surface area (Å²) >= 11 is 0. The Bertz CT molecular complexity index is 1440. The fraction of sp³-hybridized carbons (Fsp3) is 0.594. The number of carbonyl (C=O) groups is 5. The van der Waals surface area contributed by atoms with Crippen LogP contribution in [0, 0.1) is 11.7 Å². The summed E-state index contributed by atoms with van der Waals surface area (Å²) in [7, 11) is 1.48. The molecule has 0 bridgehead atoms. The zero-order chi connectivity index (χ0) is 33.1. The minimum atomic E-state index is -1.14. The first-order chi connectivity index (χ1) is 21.2. The van der Waals surface area contributed by atoms with Crippen LogP contribution in [0.1, 0.15) is 70.3 Å². The standard InChI is InChI=1S/C32H44FN5O7/c1-20(35(5)31(44)45-32(2,3)4)28(41)34-27(21-9-7-6-8-10-21)30(43)37-15-13-36(14-16-37)29(42)25-18-22-17-23(33)11-12-24(22)38(25)19-26(39)40/h11-12,17-18,20-21,27H,6-10,13-16,19H2,1-5H3,(H,34,41)(H,39,40).